The summed E-state index contributed by atoms with van der Waals surface area (Å²) in [6.07, 6.45) is 4.27. The number of benzene rings is 3. The van der Waals surface area contributed by atoms with Gasteiger partial charge in [-0.2, -0.15) is 0 Å². The van der Waals surface area contributed by atoms with Crippen LogP contribution < -0.4 is 15.8 Å². The predicted octanol–water partition coefficient (Wildman–Crippen LogP) is 3.72. The lowest BCUT2D eigenvalue weighted by atomic mass is 9.96. The summed E-state index contributed by atoms with van der Waals surface area (Å²) in [6.45, 7) is 3.76. The Labute approximate surface area is 243 Å². The van der Waals surface area contributed by atoms with Gasteiger partial charge in [-0.1, -0.05) is 60.7 Å². The van der Waals surface area contributed by atoms with E-state index in [1.165, 1.54) is 15.9 Å². The molecule has 0 aliphatic rings. The third-order valence-corrected chi connectivity index (χ3v) is 7.25. The molecule has 0 unspecified atom stereocenters. The highest BCUT2D eigenvalue weighted by Crippen LogP contribution is 2.22. The van der Waals surface area contributed by atoms with E-state index in [1.54, 1.807) is 34.3 Å². The minimum absolute atomic E-state index is 0.264. The fourth-order valence-corrected chi connectivity index (χ4v) is 4.75. The summed E-state index contributed by atoms with van der Waals surface area (Å²) in [6, 6.07) is 19.7. The number of carbonyl (C=O) groups excluding carboxylic acids is 3. The molecular formula is C33H42N4O4. The van der Waals surface area contributed by atoms with Gasteiger partial charge in [-0.15, -0.1) is 0 Å². The molecule has 8 heteroatoms. The molecule has 0 fully saturated rings. The Morgan fingerprint density at radius 1 is 0.927 bits per heavy atom. The van der Waals surface area contributed by atoms with E-state index in [4.69, 9.17) is 10.5 Å². The smallest absolute Gasteiger partial charge is 0.246 e. The second-order valence-corrected chi connectivity index (χ2v) is 11.0. The van der Waals surface area contributed by atoms with Crippen molar-refractivity contribution >= 4 is 28.5 Å². The number of carbonyl (C=O) groups is 3. The average Bonchev–Trinajstić information content (AvgIpc) is 2.96. The van der Waals surface area contributed by atoms with Crippen molar-refractivity contribution in [2.24, 2.45) is 5.73 Å². The molecule has 218 valence electrons. The molecule has 0 heterocycles. The lowest BCUT2D eigenvalue weighted by Gasteiger charge is -2.34. The maximum Gasteiger partial charge on any atom is 0.246 e. The molecule has 8 nitrogen and oxygen atoms in total. The van der Waals surface area contributed by atoms with Gasteiger partial charge in [-0.25, -0.2) is 0 Å². The van der Waals surface area contributed by atoms with Crippen molar-refractivity contribution in [3.05, 3.63) is 90.0 Å². The van der Waals surface area contributed by atoms with Crippen molar-refractivity contribution in [2.45, 2.75) is 50.7 Å². The highest BCUT2D eigenvalue weighted by Gasteiger charge is 2.34. The summed E-state index contributed by atoms with van der Waals surface area (Å²) in [5.74, 6) is -0.241. The molecule has 0 aliphatic carbocycles. The molecule has 41 heavy (non-hydrogen) atoms. The normalized spacial score (nSPS) is 13.0. The summed E-state index contributed by atoms with van der Waals surface area (Å²) >= 11 is 0. The van der Waals surface area contributed by atoms with Crippen molar-refractivity contribution in [1.29, 1.82) is 0 Å². The molecule has 3 amide bonds. The molecule has 0 radical (unpaired) electrons. The highest BCUT2D eigenvalue weighted by atomic mass is 16.5. The SMILES string of the molecule is CNC(=O)[C@@H](Cc1cccc2ccccc12)N(C)C(=O)[C@@H](Cc1ccc(OC)cc1)N(C)C(=O)/C=C/CC(C)(C)N. The Balaban J connectivity index is 1.94. The molecule has 0 aliphatic heterocycles. The first kappa shape index (κ1) is 31.4. The van der Waals surface area contributed by atoms with Gasteiger partial charge in [0.2, 0.25) is 17.7 Å². The molecule has 0 saturated carbocycles. The van der Waals surface area contributed by atoms with Crippen molar-refractivity contribution < 1.29 is 19.1 Å². The monoisotopic (exact) mass is 558 g/mol. The third kappa shape index (κ3) is 8.41. The largest absolute Gasteiger partial charge is 0.497 e. The van der Waals surface area contributed by atoms with Crippen LogP contribution in [0.5, 0.6) is 5.75 Å². The summed E-state index contributed by atoms with van der Waals surface area (Å²) in [5, 5.41) is 4.80. The summed E-state index contributed by atoms with van der Waals surface area (Å²) in [5.41, 5.74) is 7.41. The quantitative estimate of drug-likeness (QED) is 0.330. The Morgan fingerprint density at radius 3 is 2.22 bits per heavy atom. The van der Waals surface area contributed by atoms with E-state index in [1.807, 2.05) is 80.6 Å². The fourth-order valence-electron chi connectivity index (χ4n) is 4.75. The van der Waals surface area contributed by atoms with Gasteiger partial charge in [-0.3, -0.25) is 14.4 Å². The molecule has 3 aromatic rings. The van der Waals surface area contributed by atoms with Crippen LogP contribution in [0.2, 0.25) is 0 Å². The van der Waals surface area contributed by atoms with Crippen LogP contribution in [0.4, 0.5) is 0 Å². The second-order valence-electron chi connectivity index (χ2n) is 11.0. The fraction of sp³-hybridized carbons (Fsp3) is 0.364. The minimum atomic E-state index is -0.851. The Bertz CT molecular complexity index is 1370. The van der Waals surface area contributed by atoms with E-state index in [2.05, 4.69) is 5.32 Å². The summed E-state index contributed by atoms with van der Waals surface area (Å²) < 4.78 is 5.27. The Kier molecular flexibility index (Phi) is 10.7. The van der Waals surface area contributed by atoms with Crippen LogP contribution in [0, 0.1) is 0 Å². The van der Waals surface area contributed by atoms with Gasteiger partial charge in [0, 0.05) is 39.5 Å². The number of nitrogens with zero attached hydrogens (tertiary/aromatic N) is 2. The van der Waals surface area contributed by atoms with E-state index in [0.717, 1.165) is 21.9 Å². The Morgan fingerprint density at radius 2 is 1.59 bits per heavy atom. The number of rotatable bonds is 12. The average molecular weight is 559 g/mol. The van der Waals surface area contributed by atoms with E-state index < -0.39 is 17.6 Å². The number of methoxy groups -OCH3 is 1. The molecule has 0 spiro atoms. The van der Waals surface area contributed by atoms with E-state index >= 15 is 0 Å². The lowest BCUT2D eigenvalue weighted by Crippen LogP contribution is -2.55. The zero-order chi connectivity index (χ0) is 30.2. The number of likely N-dealkylation sites (N-methyl/N-ethyl adjacent to an activating group) is 3. The first-order chi connectivity index (χ1) is 19.4. The van der Waals surface area contributed by atoms with Crippen molar-refractivity contribution in [1.82, 2.24) is 15.1 Å². The first-order valence-corrected chi connectivity index (χ1v) is 13.7. The topological polar surface area (TPSA) is 105 Å². The number of fused-ring (bicyclic) bond motifs is 1. The van der Waals surface area contributed by atoms with E-state index in [9.17, 15) is 14.4 Å². The number of hydrogen-bond acceptors (Lipinski definition) is 5. The van der Waals surface area contributed by atoms with Gasteiger partial charge in [0.05, 0.1) is 7.11 Å². The van der Waals surface area contributed by atoms with Crippen molar-refractivity contribution in [3.8, 4) is 5.75 Å². The van der Waals surface area contributed by atoms with Gasteiger partial charge in [0.15, 0.2) is 0 Å². The van der Waals surface area contributed by atoms with Crippen molar-refractivity contribution in [3.63, 3.8) is 0 Å². The van der Waals surface area contributed by atoms with E-state index in [-0.39, 0.29) is 24.1 Å². The van der Waals surface area contributed by atoms with Gasteiger partial charge < -0.3 is 25.6 Å². The molecule has 0 bridgehead atoms. The Hall–Kier alpha value is -4.17. The summed E-state index contributed by atoms with van der Waals surface area (Å²) in [4.78, 5) is 43.4. The molecule has 3 aromatic carbocycles. The van der Waals surface area contributed by atoms with Gasteiger partial charge >= 0.3 is 0 Å². The van der Waals surface area contributed by atoms with Gasteiger partial charge in [0.1, 0.15) is 17.8 Å². The van der Waals surface area contributed by atoms with Crippen molar-refractivity contribution in [2.75, 3.05) is 28.3 Å². The molecule has 0 aromatic heterocycles. The maximum absolute atomic E-state index is 14.1. The van der Waals surface area contributed by atoms with Crippen LogP contribution in [0.25, 0.3) is 10.8 Å². The molecule has 2 atom stereocenters. The van der Waals surface area contributed by atoms with Crippen LogP contribution in [-0.4, -0.2) is 73.4 Å². The van der Waals surface area contributed by atoms with Crippen LogP contribution in [0.15, 0.2) is 78.9 Å². The van der Waals surface area contributed by atoms with Crippen LogP contribution in [0.1, 0.15) is 31.4 Å². The maximum atomic E-state index is 14.1. The van der Waals surface area contributed by atoms with E-state index in [0.29, 0.717) is 18.6 Å². The van der Waals surface area contributed by atoms with Crippen LogP contribution in [-0.2, 0) is 27.2 Å². The lowest BCUT2D eigenvalue weighted by molar-refractivity contribution is -0.146. The number of nitrogens with one attached hydrogen (secondary N) is 1. The molecule has 3 N–H and O–H groups in total. The number of nitrogens with two attached hydrogens (primary N) is 1. The molecular weight excluding hydrogens is 516 g/mol. The first-order valence-electron chi connectivity index (χ1n) is 13.7. The van der Waals surface area contributed by atoms with Crippen LogP contribution in [0.3, 0.4) is 0 Å². The third-order valence-electron chi connectivity index (χ3n) is 7.25. The zero-order valence-corrected chi connectivity index (χ0v) is 24.9. The standard InChI is InChI=1S/C33H42N4O4/c1-33(2,34)20-10-15-30(38)36(4)29(21-23-16-18-26(41-6)19-17-23)32(40)37(5)28(31(39)35-3)22-25-13-9-12-24-11-7-8-14-27(24)25/h7-19,28-29H,20-22,34H2,1-6H3,(H,35,39)/b15-10+/t28-,29-/m1/s1. The molecule has 3 rings (SSSR count). The minimum Gasteiger partial charge on any atom is -0.497 e. The number of ether oxygens (including phenoxy) is 1. The second kappa shape index (κ2) is 13.9. The zero-order valence-electron chi connectivity index (χ0n) is 24.9. The predicted molar refractivity (Wildman–Crippen MR) is 164 cm³/mol. The van der Waals surface area contributed by atoms with Gasteiger partial charge in [-0.05, 0) is 60.4 Å². The highest BCUT2D eigenvalue weighted by molar-refractivity contribution is 5.95. The molecule has 0 saturated heterocycles. The summed E-state index contributed by atoms with van der Waals surface area (Å²) in [7, 11) is 6.39. The van der Waals surface area contributed by atoms with Gasteiger partial charge in [0.25, 0.3) is 0 Å². The van der Waals surface area contributed by atoms with Crippen LogP contribution >= 0.6 is 0 Å². The number of amides is 3. The number of hydrogen-bond donors (Lipinski definition) is 2.